The number of hydrogen-bond acceptors (Lipinski definition) is 5. The second kappa shape index (κ2) is 7.82. The lowest BCUT2D eigenvalue weighted by molar-refractivity contribution is 0.302. The Hall–Kier alpha value is -3.15. The van der Waals surface area contributed by atoms with Crippen molar-refractivity contribution in [2.45, 2.75) is 27.0 Å². The van der Waals surface area contributed by atoms with Gasteiger partial charge in [0.1, 0.15) is 12.4 Å². The smallest absolute Gasteiger partial charge is 0.213 e. The summed E-state index contributed by atoms with van der Waals surface area (Å²) in [7, 11) is 1.58. The first-order valence-electron chi connectivity index (χ1n) is 8.43. The van der Waals surface area contributed by atoms with E-state index in [-0.39, 0.29) is 0 Å². The largest absolute Gasteiger partial charge is 0.487 e. The van der Waals surface area contributed by atoms with Crippen LogP contribution in [0, 0.1) is 6.92 Å². The van der Waals surface area contributed by atoms with Crippen LogP contribution in [0.4, 0.5) is 0 Å². The molecule has 0 fully saturated rings. The van der Waals surface area contributed by atoms with Gasteiger partial charge in [-0.05, 0) is 25.5 Å². The molecule has 26 heavy (non-hydrogen) atoms. The topological polar surface area (TPSA) is 62.1 Å². The molecule has 0 amide bonds. The fourth-order valence-corrected chi connectivity index (χ4v) is 2.78. The molecule has 0 bridgehead atoms. The molecule has 3 heterocycles. The van der Waals surface area contributed by atoms with Crippen molar-refractivity contribution in [1.29, 1.82) is 0 Å². The maximum Gasteiger partial charge on any atom is 0.213 e. The Bertz CT molecular complexity index is 918. The van der Waals surface area contributed by atoms with E-state index in [0.29, 0.717) is 18.2 Å². The average Bonchev–Trinajstić information content (AvgIpc) is 3.06. The van der Waals surface area contributed by atoms with Crippen molar-refractivity contribution in [2.24, 2.45) is 0 Å². The first-order valence-corrected chi connectivity index (χ1v) is 8.43. The highest BCUT2D eigenvalue weighted by atomic mass is 16.5. The van der Waals surface area contributed by atoms with Crippen LogP contribution in [-0.4, -0.2) is 26.9 Å². The van der Waals surface area contributed by atoms with Gasteiger partial charge in [-0.25, -0.2) is 4.98 Å². The lowest BCUT2D eigenvalue weighted by atomic mass is 10.1. The third-order valence-electron chi connectivity index (χ3n) is 4.12. The van der Waals surface area contributed by atoms with Gasteiger partial charge in [0, 0.05) is 29.9 Å². The monoisotopic (exact) mass is 350 g/mol. The van der Waals surface area contributed by atoms with Crippen molar-refractivity contribution in [3.05, 3.63) is 60.1 Å². The summed E-state index contributed by atoms with van der Waals surface area (Å²) in [6.07, 6.45) is 7.02. The van der Waals surface area contributed by atoms with E-state index in [9.17, 15) is 0 Å². The molecule has 0 aliphatic rings. The summed E-state index contributed by atoms with van der Waals surface area (Å²) in [5.41, 5.74) is 4.80. The summed E-state index contributed by atoms with van der Waals surface area (Å²) in [5, 5.41) is 4.42. The number of aromatic nitrogens is 4. The van der Waals surface area contributed by atoms with Gasteiger partial charge in [0.2, 0.25) is 5.88 Å². The molecule has 3 aromatic rings. The summed E-state index contributed by atoms with van der Waals surface area (Å²) >= 11 is 0. The molecule has 3 aromatic heterocycles. The highest BCUT2D eigenvalue weighted by molar-refractivity contribution is 5.63. The van der Waals surface area contributed by atoms with Crippen LogP contribution < -0.4 is 9.47 Å². The van der Waals surface area contributed by atoms with E-state index in [1.807, 2.05) is 29.9 Å². The van der Waals surface area contributed by atoms with E-state index in [1.165, 1.54) is 0 Å². The van der Waals surface area contributed by atoms with Crippen molar-refractivity contribution in [2.75, 3.05) is 7.11 Å². The Labute approximate surface area is 153 Å². The number of methoxy groups -OCH3 is 1. The SMILES string of the molecule is C=Cc1cc(OC)ncc1OCc1cccnc1-c1c(C)cnn1CC. The van der Waals surface area contributed by atoms with E-state index < -0.39 is 0 Å². The number of nitrogens with zero attached hydrogens (tertiary/aromatic N) is 4. The van der Waals surface area contributed by atoms with Gasteiger partial charge in [0.15, 0.2) is 0 Å². The van der Waals surface area contributed by atoms with E-state index in [1.54, 1.807) is 31.6 Å². The number of hydrogen-bond donors (Lipinski definition) is 0. The first-order chi connectivity index (χ1) is 12.7. The predicted octanol–water partition coefficient (Wildman–Crippen LogP) is 3.90. The van der Waals surface area contributed by atoms with E-state index >= 15 is 0 Å². The molecule has 0 aromatic carbocycles. The minimum absolute atomic E-state index is 0.367. The molecule has 0 saturated carbocycles. The van der Waals surface area contributed by atoms with Crippen LogP contribution in [0.25, 0.3) is 17.5 Å². The Morgan fingerprint density at radius 1 is 1.27 bits per heavy atom. The zero-order chi connectivity index (χ0) is 18.5. The van der Waals surface area contributed by atoms with Crippen LogP contribution in [0.15, 0.2) is 43.4 Å². The van der Waals surface area contributed by atoms with Gasteiger partial charge in [-0.1, -0.05) is 18.7 Å². The molecule has 134 valence electrons. The molecular formula is C20H22N4O2. The molecule has 3 rings (SSSR count). The molecule has 0 radical (unpaired) electrons. The average molecular weight is 350 g/mol. The molecule has 0 atom stereocenters. The standard InChI is InChI=1S/C20H22N4O2/c1-5-15-10-18(25-4)22-12-17(15)26-13-16-8-7-9-21-19(16)20-14(3)11-23-24(20)6-2/h5,7-12H,1,6,13H2,2-4H3. The molecule has 0 N–H and O–H groups in total. The van der Waals surface area contributed by atoms with Crippen LogP contribution in [0.5, 0.6) is 11.6 Å². The summed E-state index contributed by atoms with van der Waals surface area (Å²) in [4.78, 5) is 8.78. The third-order valence-corrected chi connectivity index (χ3v) is 4.12. The van der Waals surface area contributed by atoms with Crippen LogP contribution in [0.3, 0.4) is 0 Å². The minimum Gasteiger partial charge on any atom is -0.487 e. The van der Waals surface area contributed by atoms with Crippen molar-refractivity contribution in [3.8, 4) is 23.0 Å². The normalized spacial score (nSPS) is 10.6. The molecule has 6 nitrogen and oxygen atoms in total. The van der Waals surface area contributed by atoms with Gasteiger partial charge in [0.25, 0.3) is 0 Å². The summed E-state index contributed by atoms with van der Waals surface area (Å²) in [5.74, 6) is 1.17. The zero-order valence-electron chi connectivity index (χ0n) is 15.3. The molecule has 0 aliphatic carbocycles. The Kier molecular flexibility index (Phi) is 5.31. The second-order valence-electron chi connectivity index (χ2n) is 5.76. The van der Waals surface area contributed by atoms with Gasteiger partial charge < -0.3 is 9.47 Å². The highest BCUT2D eigenvalue weighted by Crippen LogP contribution is 2.27. The lowest BCUT2D eigenvalue weighted by Gasteiger charge is -2.13. The van der Waals surface area contributed by atoms with E-state index in [4.69, 9.17) is 9.47 Å². The van der Waals surface area contributed by atoms with Gasteiger partial charge in [0.05, 0.1) is 30.9 Å². The lowest BCUT2D eigenvalue weighted by Crippen LogP contribution is -2.06. The van der Waals surface area contributed by atoms with Crippen LogP contribution >= 0.6 is 0 Å². The van der Waals surface area contributed by atoms with Crippen molar-refractivity contribution < 1.29 is 9.47 Å². The quantitative estimate of drug-likeness (QED) is 0.647. The molecule has 0 aliphatic heterocycles. The van der Waals surface area contributed by atoms with Gasteiger partial charge in [-0.2, -0.15) is 5.10 Å². The van der Waals surface area contributed by atoms with E-state index in [2.05, 4.69) is 28.6 Å². The number of aryl methyl sites for hydroxylation is 2. The Morgan fingerprint density at radius 3 is 2.85 bits per heavy atom. The number of pyridine rings is 2. The number of rotatable bonds is 7. The van der Waals surface area contributed by atoms with Crippen molar-refractivity contribution in [3.63, 3.8) is 0 Å². The maximum atomic E-state index is 6.01. The van der Waals surface area contributed by atoms with E-state index in [0.717, 1.165) is 34.6 Å². The van der Waals surface area contributed by atoms with Gasteiger partial charge in [-0.15, -0.1) is 0 Å². The van der Waals surface area contributed by atoms with Gasteiger partial charge in [-0.3, -0.25) is 9.67 Å². The molecule has 0 unspecified atom stereocenters. The van der Waals surface area contributed by atoms with Crippen LogP contribution in [-0.2, 0) is 13.2 Å². The molecule has 0 saturated heterocycles. The minimum atomic E-state index is 0.367. The maximum absolute atomic E-state index is 6.01. The van der Waals surface area contributed by atoms with Crippen LogP contribution in [0.2, 0.25) is 0 Å². The number of ether oxygens (including phenoxy) is 2. The fourth-order valence-electron chi connectivity index (χ4n) is 2.78. The second-order valence-corrected chi connectivity index (χ2v) is 5.76. The summed E-state index contributed by atoms with van der Waals surface area (Å²) in [6.45, 7) is 9.08. The highest BCUT2D eigenvalue weighted by Gasteiger charge is 2.15. The Morgan fingerprint density at radius 2 is 2.12 bits per heavy atom. The Balaban J connectivity index is 1.91. The molecule has 0 spiro atoms. The van der Waals surface area contributed by atoms with Crippen molar-refractivity contribution >= 4 is 6.08 Å². The van der Waals surface area contributed by atoms with Gasteiger partial charge >= 0.3 is 0 Å². The first kappa shape index (κ1) is 17.7. The fraction of sp³-hybridized carbons (Fsp3) is 0.250. The van der Waals surface area contributed by atoms with Crippen LogP contribution in [0.1, 0.15) is 23.6 Å². The third kappa shape index (κ3) is 3.44. The summed E-state index contributed by atoms with van der Waals surface area (Å²) < 4.78 is 13.1. The summed E-state index contributed by atoms with van der Waals surface area (Å²) in [6, 6.07) is 5.72. The predicted molar refractivity (Wildman–Crippen MR) is 101 cm³/mol. The zero-order valence-corrected chi connectivity index (χ0v) is 15.3. The molecular weight excluding hydrogens is 328 g/mol. The molecule has 6 heteroatoms. The van der Waals surface area contributed by atoms with Crippen molar-refractivity contribution in [1.82, 2.24) is 19.7 Å².